The summed E-state index contributed by atoms with van der Waals surface area (Å²) >= 11 is 0. The third kappa shape index (κ3) is 3.65. The van der Waals surface area contributed by atoms with Gasteiger partial charge < -0.3 is 0 Å². The van der Waals surface area contributed by atoms with Crippen LogP contribution in [-0.4, -0.2) is 9.55 Å². The SMILES string of the molecule is Cc1ccc(-n2c(-c3ccccc3)nc(=O)c(-c3ccccc3)c2-c2ccccc2)cc1. The summed E-state index contributed by atoms with van der Waals surface area (Å²) in [6.45, 7) is 2.07. The standard InChI is InChI=1S/C29H22N2O/c1-21-17-19-25(20-18-21)31-27(23-13-7-3-8-14-23)26(22-11-5-2-6-12-22)29(32)30-28(31)24-15-9-4-10-16-24/h2-20H,1H3. The lowest BCUT2D eigenvalue weighted by Gasteiger charge is -2.22. The number of rotatable bonds is 4. The van der Waals surface area contributed by atoms with E-state index < -0.39 is 0 Å². The quantitative estimate of drug-likeness (QED) is 0.335. The van der Waals surface area contributed by atoms with Gasteiger partial charge in [0.15, 0.2) is 0 Å². The number of hydrogen-bond acceptors (Lipinski definition) is 2. The normalized spacial score (nSPS) is 10.8. The van der Waals surface area contributed by atoms with Gasteiger partial charge in [0, 0.05) is 11.3 Å². The Morgan fingerprint density at radius 3 is 1.66 bits per heavy atom. The molecule has 0 fully saturated rings. The molecule has 0 unspecified atom stereocenters. The molecule has 0 aliphatic carbocycles. The zero-order valence-electron chi connectivity index (χ0n) is 17.8. The van der Waals surface area contributed by atoms with Crippen LogP contribution in [-0.2, 0) is 0 Å². The van der Waals surface area contributed by atoms with Crippen LogP contribution in [0.25, 0.3) is 39.5 Å². The van der Waals surface area contributed by atoms with Gasteiger partial charge in [-0.2, -0.15) is 4.98 Å². The Kier molecular flexibility index (Phi) is 5.22. The Morgan fingerprint density at radius 1 is 0.594 bits per heavy atom. The van der Waals surface area contributed by atoms with Crippen LogP contribution in [0.15, 0.2) is 120 Å². The Labute approximate surface area is 187 Å². The Morgan fingerprint density at radius 2 is 1.09 bits per heavy atom. The molecule has 3 nitrogen and oxygen atoms in total. The van der Waals surface area contributed by atoms with E-state index in [0.717, 1.165) is 28.1 Å². The summed E-state index contributed by atoms with van der Waals surface area (Å²) in [5.41, 5.74) is 6.02. The molecule has 0 N–H and O–H groups in total. The van der Waals surface area contributed by atoms with Crippen molar-refractivity contribution in [2.45, 2.75) is 6.92 Å². The van der Waals surface area contributed by atoms with E-state index in [-0.39, 0.29) is 5.56 Å². The largest absolute Gasteiger partial charge is 0.293 e. The van der Waals surface area contributed by atoms with Crippen LogP contribution in [0.4, 0.5) is 0 Å². The molecule has 0 aliphatic rings. The van der Waals surface area contributed by atoms with Crippen LogP contribution in [0.3, 0.4) is 0 Å². The Balaban J connectivity index is 1.96. The van der Waals surface area contributed by atoms with Crippen molar-refractivity contribution >= 4 is 0 Å². The molecule has 0 amide bonds. The van der Waals surface area contributed by atoms with E-state index in [0.29, 0.717) is 11.4 Å². The van der Waals surface area contributed by atoms with E-state index >= 15 is 0 Å². The van der Waals surface area contributed by atoms with Crippen molar-refractivity contribution in [3.63, 3.8) is 0 Å². The van der Waals surface area contributed by atoms with Gasteiger partial charge in [-0.05, 0) is 30.2 Å². The van der Waals surface area contributed by atoms with E-state index in [1.807, 2.05) is 91.0 Å². The molecule has 0 atom stereocenters. The van der Waals surface area contributed by atoms with E-state index in [4.69, 9.17) is 0 Å². The minimum absolute atomic E-state index is 0.239. The maximum atomic E-state index is 13.5. The third-order valence-electron chi connectivity index (χ3n) is 5.53. The highest BCUT2D eigenvalue weighted by Crippen LogP contribution is 2.34. The summed E-state index contributed by atoms with van der Waals surface area (Å²) in [5.74, 6) is 0.623. The lowest BCUT2D eigenvalue weighted by Crippen LogP contribution is -2.19. The summed E-state index contributed by atoms with van der Waals surface area (Å²) in [7, 11) is 0. The predicted molar refractivity (Wildman–Crippen MR) is 131 cm³/mol. The molecule has 0 saturated heterocycles. The zero-order valence-corrected chi connectivity index (χ0v) is 17.8. The monoisotopic (exact) mass is 414 g/mol. The van der Waals surface area contributed by atoms with Gasteiger partial charge in [-0.1, -0.05) is 109 Å². The molecule has 4 aromatic carbocycles. The molecule has 0 spiro atoms. The molecule has 5 rings (SSSR count). The van der Waals surface area contributed by atoms with Crippen molar-refractivity contribution in [3.8, 4) is 39.5 Å². The van der Waals surface area contributed by atoms with Crippen molar-refractivity contribution < 1.29 is 0 Å². The molecule has 1 heterocycles. The fourth-order valence-corrected chi connectivity index (χ4v) is 3.98. The lowest BCUT2D eigenvalue weighted by atomic mass is 9.99. The van der Waals surface area contributed by atoms with Crippen LogP contribution in [0.5, 0.6) is 0 Å². The van der Waals surface area contributed by atoms with Gasteiger partial charge in [0.05, 0.1) is 11.3 Å². The summed E-state index contributed by atoms with van der Waals surface area (Å²) in [6, 6.07) is 38.0. The van der Waals surface area contributed by atoms with Crippen LogP contribution >= 0.6 is 0 Å². The van der Waals surface area contributed by atoms with E-state index in [9.17, 15) is 4.79 Å². The zero-order chi connectivity index (χ0) is 21.9. The first kappa shape index (κ1) is 19.7. The van der Waals surface area contributed by atoms with E-state index in [1.54, 1.807) is 0 Å². The summed E-state index contributed by atoms with van der Waals surface area (Å²) in [5, 5.41) is 0. The topological polar surface area (TPSA) is 34.9 Å². The van der Waals surface area contributed by atoms with Crippen molar-refractivity contribution in [2.75, 3.05) is 0 Å². The van der Waals surface area contributed by atoms with Crippen LogP contribution in [0.2, 0.25) is 0 Å². The minimum atomic E-state index is -0.239. The number of aryl methyl sites for hydroxylation is 1. The predicted octanol–water partition coefficient (Wildman–Crippen LogP) is 6.54. The fourth-order valence-electron chi connectivity index (χ4n) is 3.98. The third-order valence-corrected chi connectivity index (χ3v) is 5.53. The van der Waals surface area contributed by atoms with Crippen LogP contribution in [0, 0.1) is 6.92 Å². The summed E-state index contributed by atoms with van der Waals surface area (Å²) in [6.07, 6.45) is 0. The maximum absolute atomic E-state index is 13.5. The average Bonchev–Trinajstić information content (AvgIpc) is 2.85. The average molecular weight is 415 g/mol. The molecule has 154 valence electrons. The van der Waals surface area contributed by atoms with Crippen molar-refractivity contribution in [3.05, 3.63) is 131 Å². The molecule has 5 aromatic rings. The second-order valence-corrected chi connectivity index (χ2v) is 7.73. The van der Waals surface area contributed by atoms with Gasteiger partial charge in [-0.3, -0.25) is 9.36 Å². The smallest absolute Gasteiger partial charge is 0.281 e. The lowest BCUT2D eigenvalue weighted by molar-refractivity contribution is 0.987. The summed E-state index contributed by atoms with van der Waals surface area (Å²) in [4.78, 5) is 18.1. The first-order valence-corrected chi connectivity index (χ1v) is 10.6. The molecule has 0 radical (unpaired) electrons. The van der Waals surface area contributed by atoms with Crippen molar-refractivity contribution in [1.29, 1.82) is 0 Å². The molecule has 0 aliphatic heterocycles. The maximum Gasteiger partial charge on any atom is 0.281 e. The van der Waals surface area contributed by atoms with Crippen molar-refractivity contribution in [1.82, 2.24) is 9.55 Å². The number of nitrogens with zero attached hydrogens (tertiary/aromatic N) is 2. The number of hydrogen-bond donors (Lipinski definition) is 0. The molecule has 32 heavy (non-hydrogen) atoms. The highest BCUT2D eigenvalue weighted by Gasteiger charge is 2.21. The molecule has 3 heteroatoms. The summed E-state index contributed by atoms with van der Waals surface area (Å²) < 4.78 is 2.10. The first-order valence-electron chi connectivity index (χ1n) is 10.6. The second-order valence-electron chi connectivity index (χ2n) is 7.73. The van der Waals surface area contributed by atoms with Crippen LogP contribution < -0.4 is 5.56 Å². The highest BCUT2D eigenvalue weighted by molar-refractivity contribution is 5.83. The van der Waals surface area contributed by atoms with Gasteiger partial charge in [0.25, 0.3) is 5.56 Å². The highest BCUT2D eigenvalue weighted by atomic mass is 16.1. The van der Waals surface area contributed by atoms with Crippen LogP contribution in [0.1, 0.15) is 5.56 Å². The molecular formula is C29H22N2O. The van der Waals surface area contributed by atoms with E-state index in [1.165, 1.54) is 5.56 Å². The molecule has 0 bridgehead atoms. The Bertz CT molecular complexity index is 1410. The Hall–Kier alpha value is -4.24. The minimum Gasteiger partial charge on any atom is -0.293 e. The van der Waals surface area contributed by atoms with Crippen molar-refractivity contribution in [2.24, 2.45) is 0 Å². The van der Waals surface area contributed by atoms with Gasteiger partial charge in [0.2, 0.25) is 0 Å². The second kappa shape index (κ2) is 8.48. The molecule has 0 saturated carbocycles. The van der Waals surface area contributed by atoms with Gasteiger partial charge >= 0.3 is 0 Å². The van der Waals surface area contributed by atoms with Gasteiger partial charge in [0.1, 0.15) is 5.82 Å². The number of aromatic nitrogens is 2. The fraction of sp³-hybridized carbons (Fsp3) is 0.0345. The molecule has 1 aromatic heterocycles. The van der Waals surface area contributed by atoms with E-state index in [2.05, 4.69) is 40.7 Å². The molecular weight excluding hydrogens is 392 g/mol. The van der Waals surface area contributed by atoms with Gasteiger partial charge in [-0.25, -0.2) is 0 Å². The van der Waals surface area contributed by atoms with Gasteiger partial charge in [-0.15, -0.1) is 0 Å². The number of benzene rings is 4. The first-order chi connectivity index (χ1) is 15.7.